The Morgan fingerprint density at radius 1 is 1.35 bits per heavy atom. The highest BCUT2D eigenvalue weighted by molar-refractivity contribution is 7.87. The number of nitrogens with zero attached hydrogens (tertiary/aromatic N) is 3. The molecule has 0 bridgehead atoms. The van der Waals surface area contributed by atoms with Crippen molar-refractivity contribution in [3.63, 3.8) is 0 Å². The van der Waals surface area contributed by atoms with Gasteiger partial charge in [0.2, 0.25) is 0 Å². The van der Waals surface area contributed by atoms with Crippen LogP contribution in [0.15, 0.2) is 0 Å². The number of aromatic nitrogens is 3. The molecule has 0 aromatic carbocycles. The molecule has 3 heterocycles. The highest BCUT2D eigenvalue weighted by Gasteiger charge is 2.27. The highest BCUT2D eigenvalue weighted by atomic mass is 32.2. The number of rotatable bonds is 6. The van der Waals surface area contributed by atoms with E-state index in [1.54, 1.807) is 0 Å². The quantitative estimate of drug-likeness (QED) is 0.794. The maximum atomic E-state index is 12.3. The van der Waals surface area contributed by atoms with Crippen LogP contribution in [0.2, 0.25) is 0 Å². The van der Waals surface area contributed by atoms with Gasteiger partial charge in [-0.2, -0.15) is 22.5 Å². The van der Waals surface area contributed by atoms with E-state index in [9.17, 15) is 8.42 Å². The molecule has 0 aliphatic carbocycles. The molecule has 2 aliphatic rings. The zero-order valence-electron chi connectivity index (χ0n) is 13.5. The van der Waals surface area contributed by atoms with E-state index in [4.69, 9.17) is 4.74 Å². The van der Waals surface area contributed by atoms with Gasteiger partial charge in [0.15, 0.2) is 5.82 Å². The molecule has 0 spiro atoms. The molecule has 8 nitrogen and oxygen atoms in total. The Morgan fingerprint density at radius 3 is 2.78 bits per heavy atom. The molecule has 1 aromatic rings. The summed E-state index contributed by atoms with van der Waals surface area (Å²) in [7, 11) is -3.45. The smallest absolute Gasteiger partial charge is 0.279 e. The molecule has 1 unspecified atom stereocenters. The molecule has 2 N–H and O–H groups in total. The molecule has 130 valence electrons. The molecule has 0 radical (unpaired) electrons. The number of hydrogen-bond acceptors (Lipinski definition) is 5. The average molecular weight is 343 g/mol. The molecule has 3 rings (SSSR count). The van der Waals surface area contributed by atoms with E-state index >= 15 is 0 Å². The minimum absolute atomic E-state index is 0.136. The Hall–Kier alpha value is -1.03. The van der Waals surface area contributed by atoms with Crippen molar-refractivity contribution < 1.29 is 13.2 Å². The maximum Gasteiger partial charge on any atom is 0.279 e. The van der Waals surface area contributed by atoms with E-state index < -0.39 is 10.2 Å². The average Bonchev–Trinajstić information content (AvgIpc) is 3.24. The van der Waals surface area contributed by atoms with Gasteiger partial charge in [-0.05, 0) is 25.2 Å². The van der Waals surface area contributed by atoms with Gasteiger partial charge in [0, 0.05) is 25.6 Å². The lowest BCUT2D eigenvalue weighted by Gasteiger charge is -2.30. The third kappa shape index (κ3) is 4.09. The van der Waals surface area contributed by atoms with Gasteiger partial charge in [-0.15, -0.1) is 0 Å². The molecule has 23 heavy (non-hydrogen) atoms. The summed E-state index contributed by atoms with van der Waals surface area (Å²) < 4.78 is 34.2. The van der Waals surface area contributed by atoms with Gasteiger partial charge in [0.05, 0.1) is 13.2 Å². The van der Waals surface area contributed by atoms with Gasteiger partial charge < -0.3 is 4.74 Å². The molecular formula is C14H25N5O3S. The Balaban J connectivity index is 1.53. The van der Waals surface area contributed by atoms with Gasteiger partial charge in [-0.25, -0.2) is 4.98 Å². The van der Waals surface area contributed by atoms with Gasteiger partial charge in [0.25, 0.3) is 10.2 Å². The second-order valence-corrected chi connectivity index (χ2v) is 8.03. The van der Waals surface area contributed by atoms with Crippen molar-refractivity contribution in [1.29, 1.82) is 0 Å². The van der Waals surface area contributed by atoms with Gasteiger partial charge in [-0.1, -0.05) is 13.3 Å². The van der Waals surface area contributed by atoms with Crippen molar-refractivity contribution in [2.45, 2.75) is 45.1 Å². The van der Waals surface area contributed by atoms with Crippen LogP contribution in [0.4, 0.5) is 0 Å². The summed E-state index contributed by atoms with van der Waals surface area (Å²) in [5.41, 5.74) is 0. The normalized spacial score (nSPS) is 24.3. The first-order valence-electron chi connectivity index (χ1n) is 8.32. The van der Waals surface area contributed by atoms with Crippen LogP contribution >= 0.6 is 0 Å². The lowest BCUT2D eigenvalue weighted by molar-refractivity contribution is 0.193. The SMILES string of the molecule is CCC1CCN(S(=O)(=O)NCc2nc(C3CCOC3)n[nH]2)CC1. The minimum Gasteiger partial charge on any atom is -0.381 e. The summed E-state index contributed by atoms with van der Waals surface area (Å²) in [5, 5.41) is 6.98. The number of H-pyrrole nitrogens is 1. The first-order valence-corrected chi connectivity index (χ1v) is 9.76. The first-order chi connectivity index (χ1) is 11.1. The molecule has 2 aliphatic heterocycles. The zero-order valence-corrected chi connectivity index (χ0v) is 14.3. The molecule has 9 heteroatoms. The van der Waals surface area contributed by atoms with Crippen LogP contribution in [0.5, 0.6) is 0 Å². The number of hydrogen-bond donors (Lipinski definition) is 2. The summed E-state index contributed by atoms with van der Waals surface area (Å²) in [6, 6.07) is 0. The molecule has 0 saturated carbocycles. The minimum atomic E-state index is -3.45. The lowest BCUT2D eigenvalue weighted by Crippen LogP contribution is -2.44. The van der Waals surface area contributed by atoms with Gasteiger partial charge in [-0.3, -0.25) is 5.10 Å². The first kappa shape index (κ1) is 16.8. The maximum absolute atomic E-state index is 12.3. The Morgan fingerprint density at radius 2 is 2.13 bits per heavy atom. The van der Waals surface area contributed by atoms with Crippen molar-refractivity contribution in [2.24, 2.45) is 5.92 Å². The van der Waals surface area contributed by atoms with Gasteiger partial charge >= 0.3 is 0 Å². The summed E-state index contributed by atoms with van der Waals surface area (Å²) in [6.07, 6.45) is 3.90. The fourth-order valence-electron chi connectivity index (χ4n) is 3.12. The summed E-state index contributed by atoms with van der Waals surface area (Å²) in [4.78, 5) is 4.37. The fraction of sp³-hybridized carbons (Fsp3) is 0.857. The standard InChI is InChI=1S/C14H25N5O3S/c1-2-11-3-6-19(7-4-11)23(20,21)15-9-13-16-14(18-17-13)12-5-8-22-10-12/h11-12,15H,2-10H2,1H3,(H,16,17,18). The van der Waals surface area contributed by atoms with Crippen molar-refractivity contribution in [3.8, 4) is 0 Å². The molecule has 1 aromatic heterocycles. The number of nitrogens with one attached hydrogen (secondary N) is 2. The van der Waals surface area contributed by atoms with Crippen molar-refractivity contribution in [3.05, 3.63) is 11.6 Å². The second kappa shape index (κ2) is 7.25. The lowest BCUT2D eigenvalue weighted by atomic mass is 9.96. The van der Waals surface area contributed by atoms with Crippen LogP contribution in [0.1, 0.15) is 50.2 Å². The molecule has 0 amide bonds. The Bertz CT molecular complexity index is 604. The van der Waals surface area contributed by atoms with Gasteiger partial charge in [0.1, 0.15) is 5.82 Å². The van der Waals surface area contributed by atoms with E-state index in [2.05, 4.69) is 26.8 Å². The monoisotopic (exact) mass is 343 g/mol. The van der Waals surface area contributed by atoms with Crippen LogP contribution in [0, 0.1) is 5.92 Å². The third-order valence-electron chi connectivity index (χ3n) is 4.76. The topological polar surface area (TPSA) is 100 Å². The molecule has 1 atom stereocenters. The van der Waals surface area contributed by atoms with Crippen LogP contribution < -0.4 is 4.72 Å². The predicted octanol–water partition coefficient (Wildman–Crippen LogP) is 0.765. The van der Waals surface area contributed by atoms with Crippen molar-refractivity contribution >= 4 is 10.2 Å². The second-order valence-electron chi connectivity index (χ2n) is 6.28. The number of ether oxygens (including phenoxy) is 1. The summed E-state index contributed by atoms with van der Waals surface area (Å²) >= 11 is 0. The van der Waals surface area contributed by atoms with Crippen LogP contribution in [0.3, 0.4) is 0 Å². The van der Waals surface area contributed by atoms with E-state index in [0.717, 1.165) is 32.3 Å². The Kier molecular flexibility index (Phi) is 5.30. The number of aromatic amines is 1. The van der Waals surface area contributed by atoms with Crippen molar-refractivity contribution in [1.82, 2.24) is 24.2 Å². The highest BCUT2D eigenvalue weighted by Crippen LogP contribution is 2.22. The summed E-state index contributed by atoms with van der Waals surface area (Å²) in [6.45, 7) is 4.84. The molecule has 2 saturated heterocycles. The predicted molar refractivity (Wildman–Crippen MR) is 84.9 cm³/mol. The van der Waals surface area contributed by atoms with E-state index in [-0.39, 0.29) is 12.5 Å². The van der Waals surface area contributed by atoms with Crippen LogP contribution in [-0.4, -0.2) is 54.2 Å². The largest absolute Gasteiger partial charge is 0.381 e. The van der Waals surface area contributed by atoms with Crippen molar-refractivity contribution in [2.75, 3.05) is 26.3 Å². The molecular weight excluding hydrogens is 318 g/mol. The van der Waals surface area contributed by atoms with E-state index in [1.807, 2.05) is 0 Å². The van der Waals surface area contributed by atoms with E-state index in [0.29, 0.717) is 37.3 Å². The van der Waals surface area contributed by atoms with E-state index in [1.165, 1.54) is 4.31 Å². The fourth-order valence-corrected chi connectivity index (χ4v) is 4.31. The summed E-state index contributed by atoms with van der Waals surface area (Å²) in [5.74, 6) is 2.11. The van der Waals surface area contributed by atoms with Crippen LogP contribution in [0.25, 0.3) is 0 Å². The Labute approximate surface area is 137 Å². The zero-order chi connectivity index (χ0) is 16.3. The number of piperidine rings is 1. The molecule has 2 fully saturated rings. The van der Waals surface area contributed by atoms with Crippen LogP contribution in [-0.2, 0) is 21.5 Å². The third-order valence-corrected chi connectivity index (χ3v) is 6.31.